The van der Waals surface area contributed by atoms with Crippen LogP contribution in [0.25, 0.3) is 0 Å². The fourth-order valence-corrected chi connectivity index (χ4v) is 1.35. The molecule has 104 valence electrons. The first-order valence-corrected chi connectivity index (χ1v) is 5.81. The SMILES string of the molecule is Cc1ccc(OC(C)C(=O)NC(CO)C(=O)O)cc1. The van der Waals surface area contributed by atoms with Gasteiger partial charge in [0.25, 0.3) is 5.91 Å². The van der Waals surface area contributed by atoms with Gasteiger partial charge < -0.3 is 20.3 Å². The third kappa shape index (κ3) is 4.59. The van der Waals surface area contributed by atoms with Gasteiger partial charge in [0, 0.05) is 0 Å². The second kappa shape index (κ2) is 6.75. The van der Waals surface area contributed by atoms with E-state index in [0.717, 1.165) is 5.56 Å². The van der Waals surface area contributed by atoms with Crippen LogP contribution in [0.2, 0.25) is 0 Å². The molecular formula is C13H17NO5. The number of aryl methyl sites for hydroxylation is 1. The Morgan fingerprint density at radius 1 is 1.32 bits per heavy atom. The standard InChI is InChI=1S/C13H17NO5/c1-8-3-5-10(6-4-8)19-9(2)12(16)14-11(7-15)13(17)18/h3-6,9,11,15H,7H2,1-2H3,(H,14,16)(H,17,18). The van der Waals surface area contributed by atoms with Gasteiger partial charge in [-0.25, -0.2) is 4.79 Å². The molecule has 1 aromatic carbocycles. The smallest absolute Gasteiger partial charge is 0.328 e. The topological polar surface area (TPSA) is 95.9 Å². The molecule has 0 spiro atoms. The fraction of sp³-hybridized carbons (Fsp3) is 0.385. The molecule has 0 saturated heterocycles. The molecular weight excluding hydrogens is 250 g/mol. The molecule has 6 nitrogen and oxygen atoms in total. The second-order valence-corrected chi connectivity index (χ2v) is 4.16. The Morgan fingerprint density at radius 3 is 2.37 bits per heavy atom. The lowest BCUT2D eigenvalue weighted by Gasteiger charge is -2.17. The maximum atomic E-state index is 11.7. The van der Waals surface area contributed by atoms with Crippen LogP contribution in [0, 0.1) is 6.92 Å². The largest absolute Gasteiger partial charge is 0.481 e. The van der Waals surface area contributed by atoms with Crippen molar-refractivity contribution in [3.05, 3.63) is 29.8 Å². The van der Waals surface area contributed by atoms with E-state index in [1.807, 2.05) is 19.1 Å². The second-order valence-electron chi connectivity index (χ2n) is 4.16. The zero-order valence-electron chi connectivity index (χ0n) is 10.8. The zero-order chi connectivity index (χ0) is 14.4. The maximum Gasteiger partial charge on any atom is 0.328 e. The summed E-state index contributed by atoms with van der Waals surface area (Å²) < 4.78 is 5.37. The van der Waals surface area contributed by atoms with Crippen molar-refractivity contribution in [2.75, 3.05) is 6.61 Å². The Kier molecular flexibility index (Phi) is 5.32. The van der Waals surface area contributed by atoms with Gasteiger partial charge in [-0.05, 0) is 26.0 Å². The van der Waals surface area contributed by atoms with Gasteiger partial charge in [0.15, 0.2) is 6.10 Å². The van der Waals surface area contributed by atoms with E-state index in [-0.39, 0.29) is 0 Å². The van der Waals surface area contributed by atoms with E-state index in [9.17, 15) is 9.59 Å². The maximum absolute atomic E-state index is 11.7. The number of carbonyl (C=O) groups is 2. The van der Waals surface area contributed by atoms with Crippen molar-refractivity contribution in [2.24, 2.45) is 0 Å². The number of aliphatic hydroxyl groups is 1. The molecule has 2 atom stereocenters. The van der Waals surface area contributed by atoms with Gasteiger partial charge in [0.05, 0.1) is 6.61 Å². The Balaban J connectivity index is 2.57. The molecule has 1 aromatic rings. The lowest BCUT2D eigenvalue weighted by atomic mass is 10.2. The molecule has 0 aromatic heterocycles. The quantitative estimate of drug-likeness (QED) is 0.690. The van der Waals surface area contributed by atoms with Crippen molar-refractivity contribution in [1.29, 1.82) is 0 Å². The third-order valence-electron chi connectivity index (χ3n) is 2.50. The molecule has 1 rings (SSSR count). The summed E-state index contributed by atoms with van der Waals surface area (Å²) in [5.41, 5.74) is 1.07. The summed E-state index contributed by atoms with van der Waals surface area (Å²) in [5, 5.41) is 19.7. The van der Waals surface area contributed by atoms with Gasteiger partial charge in [-0.15, -0.1) is 0 Å². The molecule has 2 unspecified atom stereocenters. The number of aliphatic hydroxyl groups excluding tert-OH is 1. The van der Waals surface area contributed by atoms with Crippen molar-refractivity contribution in [3.8, 4) is 5.75 Å². The highest BCUT2D eigenvalue weighted by Gasteiger charge is 2.23. The number of hydrogen-bond acceptors (Lipinski definition) is 4. The van der Waals surface area contributed by atoms with Crippen molar-refractivity contribution in [1.82, 2.24) is 5.32 Å². The number of hydrogen-bond donors (Lipinski definition) is 3. The van der Waals surface area contributed by atoms with Crippen molar-refractivity contribution in [3.63, 3.8) is 0 Å². The number of ether oxygens (including phenoxy) is 1. The van der Waals surface area contributed by atoms with Crippen LogP contribution in [0.5, 0.6) is 5.75 Å². The molecule has 0 heterocycles. The average molecular weight is 267 g/mol. The van der Waals surface area contributed by atoms with E-state index in [0.29, 0.717) is 5.75 Å². The summed E-state index contributed by atoms with van der Waals surface area (Å²) in [4.78, 5) is 22.3. The number of rotatable bonds is 6. The van der Waals surface area contributed by atoms with Gasteiger partial charge in [-0.1, -0.05) is 17.7 Å². The van der Waals surface area contributed by atoms with E-state index >= 15 is 0 Å². The van der Waals surface area contributed by atoms with Crippen LogP contribution in [0.1, 0.15) is 12.5 Å². The van der Waals surface area contributed by atoms with Crippen molar-refractivity contribution in [2.45, 2.75) is 26.0 Å². The highest BCUT2D eigenvalue weighted by molar-refractivity contribution is 5.86. The van der Waals surface area contributed by atoms with E-state index < -0.39 is 30.6 Å². The summed E-state index contributed by atoms with van der Waals surface area (Å²) in [7, 11) is 0. The van der Waals surface area contributed by atoms with E-state index in [1.165, 1.54) is 6.92 Å². The Bertz CT molecular complexity index is 443. The molecule has 0 aliphatic carbocycles. The minimum Gasteiger partial charge on any atom is -0.481 e. The van der Waals surface area contributed by atoms with E-state index in [4.69, 9.17) is 14.9 Å². The lowest BCUT2D eigenvalue weighted by Crippen LogP contribution is -2.48. The predicted octanol–water partition coefficient (Wildman–Crippen LogP) is 0.324. The Hall–Kier alpha value is -2.08. The van der Waals surface area contributed by atoms with Crippen molar-refractivity contribution < 1.29 is 24.5 Å². The monoisotopic (exact) mass is 267 g/mol. The number of carboxylic acids is 1. The normalized spacial score (nSPS) is 13.4. The number of carbonyl (C=O) groups excluding carboxylic acids is 1. The summed E-state index contributed by atoms with van der Waals surface area (Å²) in [6.07, 6.45) is -0.851. The molecule has 1 amide bonds. The molecule has 0 radical (unpaired) electrons. The molecule has 3 N–H and O–H groups in total. The number of aliphatic carboxylic acids is 1. The van der Waals surface area contributed by atoms with Crippen LogP contribution >= 0.6 is 0 Å². The van der Waals surface area contributed by atoms with Crippen LogP contribution in [-0.2, 0) is 9.59 Å². The highest BCUT2D eigenvalue weighted by Crippen LogP contribution is 2.13. The minimum absolute atomic E-state index is 0.518. The molecule has 0 saturated carbocycles. The van der Waals surface area contributed by atoms with Gasteiger partial charge in [-0.2, -0.15) is 0 Å². The predicted molar refractivity (Wildman–Crippen MR) is 67.9 cm³/mol. The van der Waals surface area contributed by atoms with Crippen LogP contribution < -0.4 is 10.1 Å². The van der Waals surface area contributed by atoms with E-state index in [2.05, 4.69) is 5.32 Å². The van der Waals surface area contributed by atoms with Gasteiger partial charge in [-0.3, -0.25) is 4.79 Å². The number of benzene rings is 1. The van der Waals surface area contributed by atoms with Crippen LogP contribution in [0.4, 0.5) is 0 Å². The summed E-state index contributed by atoms with van der Waals surface area (Å²) >= 11 is 0. The van der Waals surface area contributed by atoms with Gasteiger partial charge in [0.2, 0.25) is 0 Å². The fourth-order valence-electron chi connectivity index (χ4n) is 1.35. The lowest BCUT2D eigenvalue weighted by molar-refractivity contribution is -0.144. The molecule has 6 heteroatoms. The summed E-state index contributed by atoms with van der Waals surface area (Å²) in [6, 6.07) is 5.80. The molecule has 19 heavy (non-hydrogen) atoms. The van der Waals surface area contributed by atoms with E-state index in [1.54, 1.807) is 12.1 Å². The summed E-state index contributed by atoms with van der Waals surface area (Å²) in [6.45, 7) is 2.77. The highest BCUT2D eigenvalue weighted by atomic mass is 16.5. The first-order chi connectivity index (χ1) is 8.93. The minimum atomic E-state index is -1.32. The molecule has 0 aliphatic rings. The molecule has 0 bridgehead atoms. The zero-order valence-corrected chi connectivity index (χ0v) is 10.8. The van der Waals surface area contributed by atoms with Crippen LogP contribution in [0.15, 0.2) is 24.3 Å². The Labute approximate surface area is 111 Å². The third-order valence-corrected chi connectivity index (χ3v) is 2.50. The summed E-state index contributed by atoms with van der Waals surface area (Å²) in [5.74, 6) is -1.37. The number of carboxylic acid groups (broad SMARTS) is 1. The average Bonchev–Trinajstić information content (AvgIpc) is 2.37. The van der Waals surface area contributed by atoms with Crippen LogP contribution in [0.3, 0.4) is 0 Å². The van der Waals surface area contributed by atoms with Gasteiger partial charge >= 0.3 is 5.97 Å². The van der Waals surface area contributed by atoms with Gasteiger partial charge in [0.1, 0.15) is 11.8 Å². The first kappa shape index (κ1) is 15.0. The first-order valence-electron chi connectivity index (χ1n) is 5.81. The molecule has 0 fully saturated rings. The van der Waals surface area contributed by atoms with Crippen molar-refractivity contribution >= 4 is 11.9 Å². The Morgan fingerprint density at radius 2 is 1.89 bits per heavy atom. The van der Waals surface area contributed by atoms with Crippen LogP contribution in [-0.4, -0.2) is 40.8 Å². The molecule has 0 aliphatic heterocycles. The number of amides is 1. The number of nitrogens with one attached hydrogen (secondary N) is 1.